The van der Waals surface area contributed by atoms with E-state index in [-0.39, 0.29) is 0 Å². The molecule has 1 nitrogen and oxygen atoms in total. The average Bonchev–Trinajstić information content (AvgIpc) is 2.76. The minimum absolute atomic E-state index is 0.726. The number of halogens is 1. The molecular formula is C24H20FNSi. The van der Waals surface area contributed by atoms with Crippen molar-refractivity contribution < 1.29 is 4.11 Å². The summed E-state index contributed by atoms with van der Waals surface area (Å²) >= 11 is 0. The number of hydrogen-bond donors (Lipinski definition) is 0. The van der Waals surface area contributed by atoms with Crippen molar-refractivity contribution in [3.05, 3.63) is 121 Å². The van der Waals surface area contributed by atoms with E-state index in [9.17, 15) is 0 Å². The van der Waals surface area contributed by atoms with Gasteiger partial charge in [-0.25, -0.2) is 0 Å². The lowest BCUT2D eigenvalue weighted by Gasteiger charge is -2.37. The lowest BCUT2D eigenvalue weighted by Crippen LogP contribution is -2.66. The zero-order chi connectivity index (χ0) is 18.5. The normalized spacial score (nSPS) is 11.1. The second kappa shape index (κ2) is 7.60. The standard InChI is InChI=1S/C24H20FNSi/c25-27(23-17-9-3-10-18-23,24-19-11-4-12-20-24)26(21-13-5-1-6-14-21)22-15-7-2-8-16-22/h1-20H. The molecule has 0 aliphatic carbocycles. The maximum absolute atomic E-state index is 17.4. The summed E-state index contributed by atoms with van der Waals surface area (Å²) in [6.45, 7) is 0. The topological polar surface area (TPSA) is 3.24 Å². The van der Waals surface area contributed by atoms with Crippen LogP contribution < -0.4 is 14.9 Å². The molecule has 4 rings (SSSR count). The SMILES string of the molecule is F[Si](c1ccccc1)(c1ccccc1)N(c1ccccc1)c1ccccc1. The molecule has 0 unspecified atom stereocenters. The Labute approximate surface area is 160 Å². The maximum atomic E-state index is 17.4. The second-order valence-electron chi connectivity index (χ2n) is 6.36. The summed E-state index contributed by atoms with van der Waals surface area (Å²) < 4.78 is 19.3. The Hall–Kier alpha value is -3.17. The van der Waals surface area contributed by atoms with E-state index in [1.165, 1.54) is 0 Å². The van der Waals surface area contributed by atoms with Gasteiger partial charge in [-0.3, -0.25) is 4.11 Å². The minimum atomic E-state index is -3.78. The summed E-state index contributed by atoms with van der Waals surface area (Å²) in [5.41, 5.74) is 1.70. The summed E-state index contributed by atoms with van der Waals surface area (Å²) in [5, 5.41) is 1.45. The number of para-hydroxylation sites is 2. The second-order valence-corrected chi connectivity index (χ2v) is 9.21. The molecule has 132 valence electrons. The van der Waals surface area contributed by atoms with E-state index < -0.39 is 8.57 Å². The Morgan fingerprint density at radius 1 is 0.444 bits per heavy atom. The van der Waals surface area contributed by atoms with Crippen molar-refractivity contribution in [1.82, 2.24) is 0 Å². The molecule has 0 bridgehead atoms. The molecule has 3 heteroatoms. The van der Waals surface area contributed by atoms with Gasteiger partial charge in [0.1, 0.15) is 0 Å². The van der Waals surface area contributed by atoms with Gasteiger partial charge in [0.05, 0.1) is 0 Å². The van der Waals surface area contributed by atoms with Crippen LogP contribution in [0.3, 0.4) is 0 Å². The average molecular weight is 370 g/mol. The first-order valence-electron chi connectivity index (χ1n) is 9.00. The Balaban J connectivity index is 2.01. The molecule has 0 amide bonds. The summed E-state index contributed by atoms with van der Waals surface area (Å²) in [6.07, 6.45) is 0. The van der Waals surface area contributed by atoms with E-state index in [0.717, 1.165) is 21.7 Å². The monoisotopic (exact) mass is 369 g/mol. The Morgan fingerprint density at radius 3 is 1.07 bits per heavy atom. The van der Waals surface area contributed by atoms with Crippen LogP contribution in [-0.4, -0.2) is 8.57 Å². The van der Waals surface area contributed by atoms with Gasteiger partial charge in [-0.2, -0.15) is 0 Å². The molecule has 0 aliphatic heterocycles. The van der Waals surface area contributed by atoms with Gasteiger partial charge in [0.2, 0.25) is 0 Å². The Kier molecular flexibility index (Phi) is 4.86. The summed E-state index contributed by atoms with van der Waals surface area (Å²) in [6, 6.07) is 38.7. The van der Waals surface area contributed by atoms with Crippen LogP contribution in [0.1, 0.15) is 0 Å². The first-order chi connectivity index (χ1) is 13.3. The van der Waals surface area contributed by atoms with Crippen LogP contribution in [0.4, 0.5) is 15.5 Å². The van der Waals surface area contributed by atoms with E-state index >= 15 is 4.11 Å². The molecule has 4 aromatic rings. The summed E-state index contributed by atoms with van der Waals surface area (Å²) in [7, 11) is -3.78. The molecule has 0 N–H and O–H groups in total. The third-order valence-corrected chi connectivity index (χ3v) is 7.98. The molecule has 0 atom stereocenters. The Morgan fingerprint density at radius 2 is 0.741 bits per heavy atom. The summed E-state index contributed by atoms with van der Waals surface area (Å²) in [5.74, 6) is 0. The number of anilines is 2. The molecular weight excluding hydrogens is 349 g/mol. The fraction of sp³-hybridized carbons (Fsp3) is 0. The molecule has 0 spiro atoms. The molecule has 4 aromatic carbocycles. The van der Waals surface area contributed by atoms with Crippen LogP contribution in [0.25, 0.3) is 0 Å². The number of nitrogens with zero attached hydrogens (tertiary/aromatic N) is 1. The van der Waals surface area contributed by atoms with Crippen LogP contribution in [0.5, 0.6) is 0 Å². The van der Waals surface area contributed by atoms with Crippen LogP contribution in [0.2, 0.25) is 0 Å². The highest BCUT2D eigenvalue weighted by Crippen LogP contribution is 2.31. The third-order valence-electron chi connectivity index (χ3n) is 4.65. The van der Waals surface area contributed by atoms with Gasteiger partial charge in [-0.05, 0) is 34.6 Å². The van der Waals surface area contributed by atoms with Gasteiger partial charge in [0, 0.05) is 11.4 Å². The number of benzene rings is 4. The third kappa shape index (κ3) is 3.29. The molecule has 27 heavy (non-hydrogen) atoms. The number of hydrogen-bond acceptors (Lipinski definition) is 1. The van der Waals surface area contributed by atoms with E-state index in [1.54, 1.807) is 0 Å². The lowest BCUT2D eigenvalue weighted by atomic mass is 10.3. The quantitative estimate of drug-likeness (QED) is 0.351. The van der Waals surface area contributed by atoms with Crippen LogP contribution in [-0.2, 0) is 0 Å². The van der Waals surface area contributed by atoms with Gasteiger partial charge in [0.15, 0.2) is 0 Å². The zero-order valence-electron chi connectivity index (χ0n) is 14.9. The van der Waals surface area contributed by atoms with E-state index in [1.807, 2.05) is 126 Å². The molecule has 0 saturated carbocycles. The van der Waals surface area contributed by atoms with E-state index in [4.69, 9.17) is 0 Å². The molecule has 0 aliphatic rings. The van der Waals surface area contributed by atoms with Gasteiger partial charge in [-0.15, -0.1) is 0 Å². The first kappa shape index (κ1) is 17.3. The predicted molar refractivity (Wildman–Crippen MR) is 114 cm³/mol. The molecule has 0 aromatic heterocycles. The minimum Gasteiger partial charge on any atom is -0.335 e. The first-order valence-corrected chi connectivity index (χ1v) is 10.8. The van der Waals surface area contributed by atoms with Gasteiger partial charge in [0.25, 0.3) is 0 Å². The predicted octanol–water partition coefficient (Wildman–Crippen LogP) is 5.05. The van der Waals surface area contributed by atoms with Crippen molar-refractivity contribution >= 4 is 30.3 Å². The van der Waals surface area contributed by atoms with Gasteiger partial charge in [-0.1, -0.05) is 97.1 Å². The number of rotatable bonds is 5. The highest BCUT2D eigenvalue weighted by atomic mass is 28.4. The molecule has 0 fully saturated rings. The molecule has 0 radical (unpaired) electrons. The highest BCUT2D eigenvalue weighted by molar-refractivity contribution is 7.00. The van der Waals surface area contributed by atoms with Crippen molar-refractivity contribution in [2.75, 3.05) is 4.57 Å². The summed E-state index contributed by atoms with van der Waals surface area (Å²) in [4.78, 5) is 0. The van der Waals surface area contributed by atoms with Crippen molar-refractivity contribution in [3.63, 3.8) is 0 Å². The van der Waals surface area contributed by atoms with E-state index in [2.05, 4.69) is 0 Å². The van der Waals surface area contributed by atoms with Crippen molar-refractivity contribution in [2.24, 2.45) is 0 Å². The molecule has 0 saturated heterocycles. The van der Waals surface area contributed by atoms with Crippen LogP contribution in [0, 0.1) is 0 Å². The highest BCUT2D eigenvalue weighted by Gasteiger charge is 2.47. The van der Waals surface area contributed by atoms with E-state index in [0.29, 0.717) is 0 Å². The van der Waals surface area contributed by atoms with Crippen LogP contribution >= 0.6 is 0 Å². The maximum Gasteiger partial charge on any atom is 0.417 e. The lowest BCUT2D eigenvalue weighted by molar-refractivity contribution is 0.813. The van der Waals surface area contributed by atoms with Crippen molar-refractivity contribution in [3.8, 4) is 0 Å². The smallest absolute Gasteiger partial charge is 0.335 e. The largest absolute Gasteiger partial charge is 0.417 e. The van der Waals surface area contributed by atoms with Crippen molar-refractivity contribution in [1.29, 1.82) is 0 Å². The zero-order valence-corrected chi connectivity index (χ0v) is 15.9. The molecule has 0 heterocycles. The van der Waals surface area contributed by atoms with Gasteiger partial charge < -0.3 is 4.57 Å². The fourth-order valence-corrected chi connectivity index (χ4v) is 6.53. The Bertz CT molecular complexity index is 897. The van der Waals surface area contributed by atoms with Gasteiger partial charge >= 0.3 is 8.57 Å². The van der Waals surface area contributed by atoms with Crippen molar-refractivity contribution in [2.45, 2.75) is 0 Å². The fourth-order valence-electron chi connectivity index (χ4n) is 3.40. The van der Waals surface area contributed by atoms with Crippen LogP contribution in [0.15, 0.2) is 121 Å².